The van der Waals surface area contributed by atoms with E-state index in [0.717, 1.165) is 0 Å². The molecule has 40 heavy (non-hydrogen) atoms. The minimum Gasteiger partial charge on any atom is -0.507 e. The summed E-state index contributed by atoms with van der Waals surface area (Å²) in [6.07, 6.45) is -0.555. The predicted octanol–water partition coefficient (Wildman–Crippen LogP) is 5.05. The van der Waals surface area contributed by atoms with E-state index in [1.807, 2.05) is 0 Å². The topological polar surface area (TPSA) is 154 Å². The van der Waals surface area contributed by atoms with E-state index < -0.39 is 23.5 Å². The van der Waals surface area contributed by atoms with Gasteiger partial charge in [-0.2, -0.15) is 0 Å². The van der Waals surface area contributed by atoms with Crippen molar-refractivity contribution in [3.63, 3.8) is 0 Å². The molecule has 3 rings (SSSR count). The fourth-order valence-corrected chi connectivity index (χ4v) is 3.73. The summed E-state index contributed by atoms with van der Waals surface area (Å²) in [5.41, 5.74) is 1.36. The van der Waals surface area contributed by atoms with Gasteiger partial charge in [-0.05, 0) is 75.7 Å². The lowest BCUT2D eigenvalue weighted by atomic mass is 9.99. The van der Waals surface area contributed by atoms with Crippen molar-refractivity contribution in [3.05, 3.63) is 76.9 Å². The Morgan fingerprint density at radius 3 is 1.98 bits per heavy atom. The number of rotatable bonds is 10. The molecule has 1 atom stereocenters. The highest BCUT2D eigenvalue weighted by molar-refractivity contribution is 6.09. The summed E-state index contributed by atoms with van der Waals surface area (Å²) < 4.78 is 11.0. The number of ether oxygens (including phenoxy) is 2. The van der Waals surface area contributed by atoms with Crippen molar-refractivity contribution in [1.82, 2.24) is 0 Å². The van der Waals surface area contributed by atoms with Crippen molar-refractivity contribution in [3.8, 4) is 17.2 Å². The monoisotopic (exact) mass is 550 g/mol. The summed E-state index contributed by atoms with van der Waals surface area (Å²) in [5, 5.41) is 35.4. The largest absolute Gasteiger partial charge is 0.507 e. The lowest BCUT2D eigenvalue weighted by Crippen LogP contribution is -2.17. The van der Waals surface area contributed by atoms with Crippen LogP contribution in [0.3, 0.4) is 0 Å². The second kappa shape index (κ2) is 13.0. The Bertz CT molecular complexity index is 1400. The molecule has 212 valence electrons. The highest BCUT2D eigenvalue weighted by Gasteiger charge is 2.19. The number of aromatic hydroxyl groups is 2. The van der Waals surface area contributed by atoms with Crippen LogP contribution < -0.4 is 15.4 Å². The van der Waals surface area contributed by atoms with Crippen LogP contribution in [-0.4, -0.2) is 51.9 Å². The fraction of sp³-hybridized carbons (Fsp3) is 0.300. The second-order valence-electron chi connectivity index (χ2n) is 9.83. The quantitative estimate of drug-likeness (QED) is 0.220. The first kappa shape index (κ1) is 30.0. The van der Waals surface area contributed by atoms with E-state index in [4.69, 9.17) is 9.47 Å². The number of phenols is 2. The van der Waals surface area contributed by atoms with Gasteiger partial charge in [0, 0.05) is 24.3 Å². The lowest BCUT2D eigenvalue weighted by Gasteiger charge is -2.17. The second-order valence-corrected chi connectivity index (χ2v) is 9.83. The number of benzene rings is 3. The van der Waals surface area contributed by atoms with E-state index in [1.54, 1.807) is 40.7 Å². The summed E-state index contributed by atoms with van der Waals surface area (Å²) >= 11 is 0. The van der Waals surface area contributed by atoms with E-state index in [2.05, 4.69) is 10.6 Å². The molecule has 0 saturated heterocycles. The fourth-order valence-electron chi connectivity index (χ4n) is 3.73. The maximum Gasteiger partial charge on any atom is 0.338 e. The van der Waals surface area contributed by atoms with Crippen LogP contribution in [0.1, 0.15) is 77.2 Å². The molecule has 1 unspecified atom stereocenters. The molecule has 0 radical (unpaired) electrons. The number of hydrogen-bond donors (Lipinski definition) is 5. The molecule has 0 aliphatic heterocycles. The van der Waals surface area contributed by atoms with Crippen LogP contribution >= 0.6 is 0 Å². The van der Waals surface area contributed by atoms with E-state index in [1.165, 1.54) is 48.5 Å². The smallest absolute Gasteiger partial charge is 0.338 e. The molecule has 10 nitrogen and oxygen atoms in total. The van der Waals surface area contributed by atoms with Gasteiger partial charge in [0.25, 0.3) is 11.8 Å². The number of aliphatic hydroxyl groups is 1. The Morgan fingerprint density at radius 1 is 0.775 bits per heavy atom. The van der Waals surface area contributed by atoms with E-state index >= 15 is 0 Å². The lowest BCUT2D eigenvalue weighted by molar-refractivity contribution is 0.0377. The molecule has 10 heteroatoms. The molecule has 5 N–H and O–H groups in total. The molecule has 0 saturated carbocycles. The summed E-state index contributed by atoms with van der Waals surface area (Å²) in [7, 11) is 0. The van der Waals surface area contributed by atoms with E-state index in [9.17, 15) is 29.7 Å². The third-order valence-electron chi connectivity index (χ3n) is 5.78. The van der Waals surface area contributed by atoms with Crippen molar-refractivity contribution in [1.29, 1.82) is 0 Å². The van der Waals surface area contributed by atoms with Crippen LogP contribution in [0.2, 0.25) is 0 Å². The molecule has 0 fully saturated rings. The number of amides is 2. The minimum absolute atomic E-state index is 0.00797. The highest BCUT2D eigenvalue weighted by atomic mass is 16.5. The molecule has 3 aromatic carbocycles. The first-order valence-electron chi connectivity index (χ1n) is 12.8. The molecule has 2 amide bonds. The summed E-state index contributed by atoms with van der Waals surface area (Å²) in [6.45, 7) is 8.76. The van der Waals surface area contributed by atoms with Crippen LogP contribution in [0.15, 0.2) is 54.6 Å². The van der Waals surface area contributed by atoms with Gasteiger partial charge < -0.3 is 35.4 Å². The molecular weight excluding hydrogens is 516 g/mol. The van der Waals surface area contributed by atoms with Gasteiger partial charge in [0.1, 0.15) is 17.2 Å². The molecule has 0 aliphatic rings. The average molecular weight is 551 g/mol. The zero-order valence-corrected chi connectivity index (χ0v) is 23.0. The zero-order chi connectivity index (χ0) is 29.6. The number of nitrogens with one attached hydrogen (secondary N) is 2. The van der Waals surface area contributed by atoms with Gasteiger partial charge in [-0.1, -0.05) is 13.0 Å². The molecule has 0 bridgehead atoms. The summed E-state index contributed by atoms with van der Waals surface area (Å²) in [6, 6.07) is 13.0. The van der Waals surface area contributed by atoms with Crippen LogP contribution in [-0.2, 0) is 4.74 Å². The molecular formula is C30H34N2O8. The molecule has 0 heterocycles. The molecule has 0 spiro atoms. The van der Waals surface area contributed by atoms with Crippen LogP contribution in [0, 0.1) is 0 Å². The average Bonchev–Trinajstić information content (AvgIpc) is 2.88. The Labute approximate surface area is 232 Å². The number of esters is 1. The van der Waals surface area contributed by atoms with Crippen molar-refractivity contribution in [2.24, 2.45) is 0 Å². The van der Waals surface area contributed by atoms with E-state index in [0.29, 0.717) is 5.56 Å². The first-order valence-corrected chi connectivity index (χ1v) is 12.8. The molecule has 0 aromatic heterocycles. The van der Waals surface area contributed by atoms with Gasteiger partial charge in [-0.25, -0.2) is 4.79 Å². The van der Waals surface area contributed by atoms with Gasteiger partial charge in [0.2, 0.25) is 0 Å². The number of anilines is 2. The normalized spacial score (nSPS) is 11.7. The Kier molecular flexibility index (Phi) is 9.73. The summed E-state index contributed by atoms with van der Waals surface area (Å²) in [4.78, 5) is 38.0. The van der Waals surface area contributed by atoms with Crippen molar-refractivity contribution < 1.29 is 39.2 Å². The van der Waals surface area contributed by atoms with Crippen molar-refractivity contribution in [2.45, 2.75) is 52.7 Å². The van der Waals surface area contributed by atoms with Crippen molar-refractivity contribution in [2.75, 3.05) is 17.2 Å². The van der Waals surface area contributed by atoms with Gasteiger partial charge in [-0.15, -0.1) is 0 Å². The van der Waals surface area contributed by atoms with Gasteiger partial charge in [0.05, 0.1) is 34.6 Å². The SMILES string of the molecule is CC(C)OC(=O)c1ccc(NC(=O)c2ccc(NC(=O)c3ccc(C(C)CO)cc3O)cc2O)c(OC(C)C)c1. The number of carbonyl (C=O) groups is 3. The third-order valence-corrected chi connectivity index (χ3v) is 5.78. The zero-order valence-electron chi connectivity index (χ0n) is 23.0. The van der Waals surface area contributed by atoms with Crippen LogP contribution in [0.25, 0.3) is 0 Å². The van der Waals surface area contributed by atoms with Crippen LogP contribution in [0.5, 0.6) is 17.2 Å². The maximum atomic E-state index is 13.0. The number of carbonyl (C=O) groups excluding carboxylic acids is 3. The van der Waals surface area contributed by atoms with Gasteiger partial charge >= 0.3 is 5.97 Å². The number of hydrogen-bond acceptors (Lipinski definition) is 8. The standard InChI is InChI=1S/C30H34N2O8/c1-16(2)39-27-13-20(30(38)40-17(3)4)7-11-24(27)32-29(37)23-10-8-21(14-26(23)35)31-28(36)22-9-6-19(12-25(22)34)18(5)15-33/h6-14,16-18,33-35H,15H2,1-5H3,(H,31,36)(H,32,37). The first-order chi connectivity index (χ1) is 18.9. The Hall–Kier alpha value is -4.57. The predicted molar refractivity (Wildman–Crippen MR) is 150 cm³/mol. The van der Waals surface area contributed by atoms with Crippen LogP contribution in [0.4, 0.5) is 11.4 Å². The maximum absolute atomic E-state index is 13.0. The minimum atomic E-state index is -0.646. The van der Waals surface area contributed by atoms with Gasteiger partial charge in [0.15, 0.2) is 0 Å². The van der Waals surface area contributed by atoms with Gasteiger partial charge in [-0.3, -0.25) is 9.59 Å². The molecule has 3 aromatic rings. The Balaban J connectivity index is 1.77. The Morgan fingerprint density at radius 2 is 1.40 bits per heavy atom. The summed E-state index contributed by atoms with van der Waals surface area (Å²) in [5.74, 6) is -2.39. The van der Waals surface area contributed by atoms with Crippen molar-refractivity contribution >= 4 is 29.2 Å². The number of phenolic OH excluding ortho intramolecular Hbond substituents is 2. The van der Waals surface area contributed by atoms with E-state index in [-0.39, 0.29) is 64.3 Å². The molecule has 0 aliphatic carbocycles. The number of aliphatic hydroxyl groups excluding tert-OH is 1. The highest BCUT2D eigenvalue weighted by Crippen LogP contribution is 2.30. The third kappa shape index (κ3) is 7.51.